The minimum absolute atomic E-state index is 0.578. The van der Waals surface area contributed by atoms with Crippen LogP contribution in [0.1, 0.15) is 18.2 Å². The SMILES string of the molecule is CCc1ccc(Oc2nc3sccn3c2CCN)cc1. The molecule has 0 aliphatic heterocycles. The fourth-order valence-electron chi connectivity index (χ4n) is 2.16. The van der Waals surface area contributed by atoms with Gasteiger partial charge in [0.2, 0.25) is 5.88 Å². The van der Waals surface area contributed by atoms with Crippen molar-refractivity contribution in [3.63, 3.8) is 0 Å². The molecule has 0 unspecified atom stereocenters. The summed E-state index contributed by atoms with van der Waals surface area (Å²) < 4.78 is 7.97. The number of hydrogen-bond donors (Lipinski definition) is 1. The van der Waals surface area contributed by atoms with Crippen LogP contribution in [0.5, 0.6) is 11.6 Å². The zero-order chi connectivity index (χ0) is 13.9. The first-order valence-corrected chi connectivity index (χ1v) is 7.61. The second-order valence-corrected chi connectivity index (χ2v) is 5.43. The Bertz CT molecular complexity index is 700. The summed E-state index contributed by atoms with van der Waals surface area (Å²) in [6.07, 6.45) is 3.78. The monoisotopic (exact) mass is 287 g/mol. The smallest absolute Gasteiger partial charge is 0.242 e. The number of thiazole rings is 1. The molecule has 2 N–H and O–H groups in total. The summed E-state index contributed by atoms with van der Waals surface area (Å²) in [4.78, 5) is 5.47. The van der Waals surface area contributed by atoms with Crippen molar-refractivity contribution in [1.29, 1.82) is 0 Å². The number of imidazole rings is 1. The van der Waals surface area contributed by atoms with Gasteiger partial charge in [-0.15, -0.1) is 11.3 Å². The molecular formula is C15H17N3OS. The minimum Gasteiger partial charge on any atom is -0.437 e. The summed E-state index contributed by atoms with van der Waals surface area (Å²) in [7, 11) is 0. The van der Waals surface area contributed by atoms with Crippen LogP contribution in [-0.2, 0) is 12.8 Å². The van der Waals surface area contributed by atoms with Gasteiger partial charge in [0.05, 0.1) is 5.69 Å². The number of ether oxygens (including phenoxy) is 1. The van der Waals surface area contributed by atoms with Gasteiger partial charge in [-0.3, -0.25) is 4.40 Å². The molecule has 0 fully saturated rings. The van der Waals surface area contributed by atoms with Crippen LogP contribution in [0.3, 0.4) is 0 Å². The third-order valence-corrected chi connectivity index (χ3v) is 4.01. The highest BCUT2D eigenvalue weighted by Gasteiger charge is 2.14. The first-order valence-electron chi connectivity index (χ1n) is 6.73. The molecule has 0 amide bonds. The van der Waals surface area contributed by atoms with E-state index in [-0.39, 0.29) is 0 Å². The summed E-state index contributed by atoms with van der Waals surface area (Å²) >= 11 is 1.60. The van der Waals surface area contributed by atoms with Crippen molar-refractivity contribution in [2.24, 2.45) is 5.73 Å². The van der Waals surface area contributed by atoms with Gasteiger partial charge >= 0.3 is 0 Å². The molecule has 0 saturated carbocycles. The first kappa shape index (κ1) is 13.1. The van der Waals surface area contributed by atoms with Crippen molar-refractivity contribution in [3.8, 4) is 11.6 Å². The lowest BCUT2D eigenvalue weighted by Crippen LogP contribution is -2.05. The molecule has 4 nitrogen and oxygen atoms in total. The van der Waals surface area contributed by atoms with Crippen LogP contribution in [0, 0.1) is 0 Å². The van der Waals surface area contributed by atoms with Crippen LogP contribution in [0.25, 0.3) is 4.96 Å². The molecule has 0 radical (unpaired) electrons. The molecule has 3 rings (SSSR count). The van der Waals surface area contributed by atoms with Crippen molar-refractivity contribution in [2.45, 2.75) is 19.8 Å². The maximum atomic E-state index is 5.92. The van der Waals surface area contributed by atoms with E-state index in [1.165, 1.54) is 5.56 Å². The van der Waals surface area contributed by atoms with Crippen molar-refractivity contribution in [1.82, 2.24) is 9.38 Å². The first-order chi connectivity index (χ1) is 9.81. The van der Waals surface area contributed by atoms with E-state index in [1.807, 2.05) is 28.1 Å². The number of benzene rings is 1. The molecule has 5 heteroatoms. The minimum atomic E-state index is 0.578. The highest BCUT2D eigenvalue weighted by Crippen LogP contribution is 2.28. The number of aromatic nitrogens is 2. The van der Waals surface area contributed by atoms with Crippen molar-refractivity contribution in [2.75, 3.05) is 6.54 Å². The molecule has 0 bridgehead atoms. The van der Waals surface area contributed by atoms with Crippen molar-refractivity contribution in [3.05, 3.63) is 47.1 Å². The molecule has 2 heterocycles. The summed E-state index contributed by atoms with van der Waals surface area (Å²) in [6.45, 7) is 2.72. The normalized spacial score (nSPS) is 11.1. The Morgan fingerprint density at radius 3 is 2.80 bits per heavy atom. The van der Waals surface area contributed by atoms with Crippen LogP contribution in [0.2, 0.25) is 0 Å². The van der Waals surface area contributed by atoms with Gasteiger partial charge < -0.3 is 10.5 Å². The topological polar surface area (TPSA) is 52.5 Å². The molecule has 0 aliphatic rings. The largest absolute Gasteiger partial charge is 0.437 e. The number of hydrogen-bond acceptors (Lipinski definition) is 4. The molecule has 0 spiro atoms. The van der Waals surface area contributed by atoms with E-state index in [0.29, 0.717) is 12.4 Å². The van der Waals surface area contributed by atoms with Crippen LogP contribution in [0.4, 0.5) is 0 Å². The van der Waals surface area contributed by atoms with Gasteiger partial charge in [0.1, 0.15) is 5.75 Å². The van der Waals surface area contributed by atoms with E-state index in [2.05, 4.69) is 24.0 Å². The fourth-order valence-corrected chi connectivity index (χ4v) is 2.89. The third-order valence-electron chi connectivity index (χ3n) is 3.25. The summed E-state index contributed by atoms with van der Waals surface area (Å²) in [5.74, 6) is 1.47. The number of fused-ring (bicyclic) bond motifs is 1. The number of nitrogens with zero attached hydrogens (tertiary/aromatic N) is 2. The Labute approximate surface area is 121 Å². The average molecular weight is 287 g/mol. The second kappa shape index (κ2) is 5.64. The predicted octanol–water partition coefficient (Wildman–Crippen LogP) is 3.25. The van der Waals surface area contributed by atoms with Gasteiger partial charge in [0.15, 0.2) is 4.96 Å². The van der Waals surface area contributed by atoms with E-state index in [9.17, 15) is 0 Å². The molecular weight excluding hydrogens is 270 g/mol. The summed E-state index contributed by atoms with van der Waals surface area (Å²) in [5.41, 5.74) is 8.01. The van der Waals surface area contributed by atoms with E-state index in [1.54, 1.807) is 11.3 Å². The molecule has 3 aromatic rings. The molecule has 2 aromatic heterocycles. The average Bonchev–Trinajstić information content (AvgIpc) is 3.03. The van der Waals surface area contributed by atoms with Gasteiger partial charge in [-0.2, -0.15) is 4.98 Å². The lowest BCUT2D eigenvalue weighted by atomic mass is 10.2. The molecule has 0 atom stereocenters. The summed E-state index contributed by atoms with van der Waals surface area (Å²) in [6, 6.07) is 8.13. The highest BCUT2D eigenvalue weighted by atomic mass is 32.1. The molecule has 1 aromatic carbocycles. The second-order valence-electron chi connectivity index (χ2n) is 4.56. The fraction of sp³-hybridized carbons (Fsp3) is 0.267. The van der Waals surface area contributed by atoms with Gasteiger partial charge in [0.25, 0.3) is 0 Å². The Morgan fingerprint density at radius 2 is 2.10 bits per heavy atom. The number of rotatable bonds is 5. The zero-order valence-corrected chi connectivity index (χ0v) is 12.2. The maximum Gasteiger partial charge on any atom is 0.242 e. The van der Waals surface area contributed by atoms with Gasteiger partial charge in [0, 0.05) is 18.0 Å². The third kappa shape index (κ3) is 2.42. The van der Waals surface area contributed by atoms with Gasteiger partial charge in [-0.05, 0) is 30.7 Å². The van der Waals surface area contributed by atoms with Crippen LogP contribution in [-0.4, -0.2) is 15.9 Å². The zero-order valence-electron chi connectivity index (χ0n) is 11.4. The highest BCUT2D eigenvalue weighted by molar-refractivity contribution is 7.15. The van der Waals surface area contributed by atoms with Gasteiger partial charge in [-0.1, -0.05) is 19.1 Å². The van der Waals surface area contributed by atoms with Crippen LogP contribution >= 0.6 is 11.3 Å². The Morgan fingerprint density at radius 1 is 1.30 bits per heavy atom. The molecule has 0 aliphatic carbocycles. The van der Waals surface area contributed by atoms with E-state index in [4.69, 9.17) is 10.5 Å². The lowest BCUT2D eigenvalue weighted by molar-refractivity contribution is 0.459. The van der Waals surface area contributed by atoms with E-state index in [0.717, 1.165) is 29.2 Å². The number of aryl methyl sites for hydroxylation is 1. The lowest BCUT2D eigenvalue weighted by Gasteiger charge is -2.06. The van der Waals surface area contributed by atoms with Crippen LogP contribution in [0.15, 0.2) is 35.8 Å². The Hall–Kier alpha value is -1.85. The molecule has 104 valence electrons. The van der Waals surface area contributed by atoms with E-state index < -0.39 is 0 Å². The van der Waals surface area contributed by atoms with Gasteiger partial charge in [-0.25, -0.2) is 0 Å². The predicted molar refractivity (Wildman–Crippen MR) is 81.7 cm³/mol. The van der Waals surface area contributed by atoms with E-state index >= 15 is 0 Å². The molecule has 20 heavy (non-hydrogen) atoms. The Balaban J connectivity index is 1.92. The summed E-state index contributed by atoms with van der Waals surface area (Å²) in [5, 5.41) is 2.02. The Kier molecular flexibility index (Phi) is 3.71. The maximum absolute atomic E-state index is 5.92. The number of nitrogens with two attached hydrogens (primary N) is 1. The standard InChI is InChI=1S/C15H17N3OS/c1-2-11-3-5-12(6-4-11)19-14-13(7-8-16)18-9-10-20-15(18)17-14/h3-6,9-10H,2,7-8,16H2,1H3. The quantitative estimate of drug-likeness (QED) is 0.783. The van der Waals surface area contributed by atoms with Crippen LogP contribution < -0.4 is 10.5 Å². The van der Waals surface area contributed by atoms with Crippen molar-refractivity contribution < 1.29 is 4.74 Å². The van der Waals surface area contributed by atoms with Crippen molar-refractivity contribution >= 4 is 16.3 Å². The molecule has 0 saturated heterocycles.